The first-order valence-corrected chi connectivity index (χ1v) is 3.33. The second kappa shape index (κ2) is 3.14. The molecule has 0 spiro atoms. The summed E-state index contributed by atoms with van der Waals surface area (Å²) in [5, 5.41) is 9.46. The van der Waals surface area contributed by atoms with Crippen LogP contribution in [-0.4, -0.2) is 23.3 Å². The van der Waals surface area contributed by atoms with Gasteiger partial charge in [0.25, 0.3) is 5.91 Å². The molecule has 0 unspecified atom stereocenters. The molecule has 1 aromatic rings. The van der Waals surface area contributed by atoms with Crippen LogP contribution >= 0.6 is 0 Å². The molecule has 0 saturated heterocycles. The Bertz CT molecular complexity index is 256. The van der Waals surface area contributed by atoms with Crippen LogP contribution in [0.1, 0.15) is 23.1 Å². The van der Waals surface area contributed by atoms with Crippen LogP contribution in [0.4, 0.5) is 0 Å². The van der Waals surface area contributed by atoms with Crippen molar-refractivity contribution in [1.82, 2.24) is 15.6 Å². The first-order valence-electron chi connectivity index (χ1n) is 3.33. The van der Waals surface area contributed by atoms with Gasteiger partial charge < -0.3 is 5.32 Å². The fraction of sp³-hybridized carbons (Fsp3) is 0.500. The lowest BCUT2D eigenvalue weighted by Crippen LogP contribution is -2.19. The molecule has 5 heteroatoms. The molecule has 0 aliphatic carbocycles. The number of carbonyl (C=O) groups excluding carboxylic acids is 1. The molecule has 1 aromatic heterocycles. The summed E-state index contributed by atoms with van der Waals surface area (Å²) < 4.78 is 4.40. The highest BCUT2D eigenvalue weighted by atomic mass is 16.6. The SMILES string of the molecule is CCc1nonc1C(=O)NC. The molecule has 1 N–H and O–H groups in total. The molecule has 0 radical (unpaired) electrons. The van der Waals surface area contributed by atoms with Gasteiger partial charge in [0.1, 0.15) is 5.69 Å². The van der Waals surface area contributed by atoms with Gasteiger partial charge >= 0.3 is 0 Å². The lowest BCUT2D eigenvalue weighted by atomic mass is 10.2. The van der Waals surface area contributed by atoms with E-state index in [9.17, 15) is 4.79 Å². The fourth-order valence-corrected chi connectivity index (χ4v) is 0.729. The van der Waals surface area contributed by atoms with Crippen LogP contribution in [0.5, 0.6) is 0 Å². The molecule has 0 saturated carbocycles. The minimum Gasteiger partial charge on any atom is -0.354 e. The quantitative estimate of drug-likeness (QED) is 0.652. The van der Waals surface area contributed by atoms with Crippen LogP contribution in [0.15, 0.2) is 4.63 Å². The molecular formula is C6H9N3O2. The van der Waals surface area contributed by atoms with Gasteiger partial charge in [-0.05, 0) is 11.6 Å². The Morgan fingerprint density at radius 2 is 2.36 bits per heavy atom. The van der Waals surface area contributed by atoms with E-state index in [4.69, 9.17) is 0 Å². The van der Waals surface area contributed by atoms with Gasteiger partial charge in [0.2, 0.25) is 0 Å². The smallest absolute Gasteiger partial charge is 0.275 e. The molecule has 1 amide bonds. The zero-order valence-electron chi connectivity index (χ0n) is 6.42. The predicted molar refractivity (Wildman–Crippen MR) is 37.1 cm³/mol. The summed E-state index contributed by atoms with van der Waals surface area (Å²) in [7, 11) is 1.54. The lowest BCUT2D eigenvalue weighted by Gasteiger charge is -1.92. The Balaban J connectivity index is 2.92. The van der Waals surface area contributed by atoms with Crippen molar-refractivity contribution >= 4 is 5.91 Å². The van der Waals surface area contributed by atoms with E-state index in [0.717, 1.165) is 0 Å². The van der Waals surface area contributed by atoms with Crippen molar-refractivity contribution < 1.29 is 9.42 Å². The van der Waals surface area contributed by atoms with Crippen LogP contribution in [0.25, 0.3) is 0 Å². The molecule has 0 aromatic carbocycles. The summed E-state index contributed by atoms with van der Waals surface area (Å²) in [4.78, 5) is 11.0. The van der Waals surface area contributed by atoms with E-state index < -0.39 is 0 Å². The first kappa shape index (κ1) is 7.71. The number of nitrogens with zero attached hydrogens (tertiary/aromatic N) is 2. The van der Waals surface area contributed by atoms with Gasteiger partial charge in [0, 0.05) is 7.05 Å². The van der Waals surface area contributed by atoms with E-state index in [0.29, 0.717) is 12.1 Å². The van der Waals surface area contributed by atoms with Gasteiger partial charge in [-0.1, -0.05) is 12.1 Å². The van der Waals surface area contributed by atoms with Crippen LogP contribution in [0.3, 0.4) is 0 Å². The van der Waals surface area contributed by atoms with Gasteiger partial charge in [0.15, 0.2) is 5.69 Å². The summed E-state index contributed by atoms with van der Waals surface area (Å²) in [6.07, 6.45) is 0.645. The maximum absolute atomic E-state index is 11.0. The molecule has 60 valence electrons. The molecule has 5 nitrogen and oxygen atoms in total. The van der Waals surface area contributed by atoms with Crippen LogP contribution in [0.2, 0.25) is 0 Å². The number of aryl methyl sites for hydroxylation is 1. The molecule has 0 bridgehead atoms. The highest BCUT2D eigenvalue weighted by Crippen LogP contribution is 2.01. The third-order valence-electron chi connectivity index (χ3n) is 1.33. The molecule has 11 heavy (non-hydrogen) atoms. The zero-order chi connectivity index (χ0) is 8.27. The number of aromatic nitrogens is 2. The van der Waals surface area contributed by atoms with Crippen molar-refractivity contribution in [3.05, 3.63) is 11.4 Å². The van der Waals surface area contributed by atoms with Crippen LogP contribution in [0, 0.1) is 0 Å². The largest absolute Gasteiger partial charge is 0.354 e. The topological polar surface area (TPSA) is 68.0 Å². The summed E-state index contributed by atoms with van der Waals surface area (Å²) in [5.41, 5.74) is 0.861. The third kappa shape index (κ3) is 1.36. The van der Waals surface area contributed by atoms with Crippen molar-refractivity contribution in [2.75, 3.05) is 7.05 Å². The molecule has 1 heterocycles. The second-order valence-corrected chi connectivity index (χ2v) is 1.99. The lowest BCUT2D eigenvalue weighted by molar-refractivity contribution is 0.0952. The monoisotopic (exact) mass is 155 g/mol. The molecule has 1 rings (SSSR count). The zero-order valence-corrected chi connectivity index (χ0v) is 6.42. The van der Waals surface area contributed by atoms with Gasteiger partial charge in [-0.15, -0.1) is 0 Å². The minimum atomic E-state index is -0.261. The van der Waals surface area contributed by atoms with E-state index in [1.807, 2.05) is 6.92 Å². The predicted octanol–water partition coefficient (Wildman–Crippen LogP) is -0.00840. The van der Waals surface area contributed by atoms with E-state index in [2.05, 4.69) is 20.3 Å². The van der Waals surface area contributed by atoms with Gasteiger partial charge in [-0.25, -0.2) is 4.63 Å². The van der Waals surface area contributed by atoms with Crippen LogP contribution < -0.4 is 5.32 Å². The highest BCUT2D eigenvalue weighted by Gasteiger charge is 2.14. The number of hydrogen-bond donors (Lipinski definition) is 1. The van der Waals surface area contributed by atoms with Gasteiger partial charge in [0.05, 0.1) is 0 Å². The summed E-state index contributed by atoms with van der Waals surface area (Å²) in [5.74, 6) is -0.261. The molecule has 0 aliphatic heterocycles. The highest BCUT2D eigenvalue weighted by molar-refractivity contribution is 5.92. The Labute approximate surface area is 63.7 Å². The van der Waals surface area contributed by atoms with Crippen molar-refractivity contribution in [2.45, 2.75) is 13.3 Å². The number of nitrogens with one attached hydrogen (secondary N) is 1. The molecule has 0 atom stereocenters. The molecular weight excluding hydrogens is 146 g/mol. The Morgan fingerprint density at radius 1 is 1.64 bits per heavy atom. The maximum atomic E-state index is 11.0. The minimum absolute atomic E-state index is 0.261. The van der Waals surface area contributed by atoms with Crippen molar-refractivity contribution in [3.8, 4) is 0 Å². The normalized spacial score (nSPS) is 9.64. The molecule has 0 fully saturated rings. The summed E-state index contributed by atoms with van der Waals surface area (Å²) in [6.45, 7) is 1.88. The number of carbonyl (C=O) groups is 1. The Kier molecular flexibility index (Phi) is 2.20. The standard InChI is InChI=1S/C6H9N3O2/c1-3-4-5(6(10)7-2)9-11-8-4/h3H2,1-2H3,(H,7,10). The van der Waals surface area contributed by atoms with Crippen LogP contribution in [-0.2, 0) is 6.42 Å². The van der Waals surface area contributed by atoms with E-state index >= 15 is 0 Å². The van der Waals surface area contributed by atoms with Gasteiger partial charge in [-0.2, -0.15) is 0 Å². The van der Waals surface area contributed by atoms with Crippen molar-refractivity contribution in [2.24, 2.45) is 0 Å². The summed E-state index contributed by atoms with van der Waals surface area (Å²) in [6, 6.07) is 0. The Morgan fingerprint density at radius 3 is 2.91 bits per heavy atom. The average Bonchev–Trinajstić information content (AvgIpc) is 2.50. The average molecular weight is 155 g/mol. The van der Waals surface area contributed by atoms with Crippen molar-refractivity contribution in [1.29, 1.82) is 0 Å². The van der Waals surface area contributed by atoms with Crippen molar-refractivity contribution in [3.63, 3.8) is 0 Å². The van der Waals surface area contributed by atoms with E-state index in [1.165, 1.54) is 7.05 Å². The molecule has 0 aliphatic rings. The summed E-state index contributed by atoms with van der Waals surface area (Å²) >= 11 is 0. The van der Waals surface area contributed by atoms with Gasteiger partial charge in [-0.3, -0.25) is 4.79 Å². The Hall–Kier alpha value is -1.39. The number of hydrogen-bond acceptors (Lipinski definition) is 4. The number of rotatable bonds is 2. The third-order valence-corrected chi connectivity index (χ3v) is 1.33. The first-order chi connectivity index (χ1) is 5.29. The second-order valence-electron chi connectivity index (χ2n) is 1.99. The van der Waals surface area contributed by atoms with E-state index in [-0.39, 0.29) is 11.6 Å². The fourth-order valence-electron chi connectivity index (χ4n) is 0.729. The number of amides is 1. The maximum Gasteiger partial charge on any atom is 0.275 e. The van der Waals surface area contributed by atoms with E-state index in [1.54, 1.807) is 0 Å².